The second-order valence-corrected chi connectivity index (χ2v) is 4.26. The SMILES string of the molecule is Cn1c(SCc2ccnc(C#N)c2)n[nH]c1=O. The van der Waals surface area contributed by atoms with Crippen LogP contribution in [0.3, 0.4) is 0 Å². The van der Waals surface area contributed by atoms with Crippen LogP contribution < -0.4 is 5.69 Å². The molecule has 17 heavy (non-hydrogen) atoms. The van der Waals surface area contributed by atoms with Crippen LogP contribution in [0, 0.1) is 11.3 Å². The van der Waals surface area contributed by atoms with Gasteiger partial charge in [0.2, 0.25) is 0 Å². The van der Waals surface area contributed by atoms with Crippen LogP contribution in [0.25, 0.3) is 0 Å². The summed E-state index contributed by atoms with van der Waals surface area (Å²) in [6, 6.07) is 5.54. The molecule has 0 fully saturated rings. The summed E-state index contributed by atoms with van der Waals surface area (Å²) in [5.74, 6) is 0.634. The van der Waals surface area contributed by atoms with E-state index in [9.17, 15) is 4.79 Å². The number of pyridine rings is 1. The standard InChI is InChI=1S/C10H9N5OS/c1-15-9(16)13-14-10(15)17-6-7-2-3-12-8(4-7)5-11/h2-4H,6H2,1H3,(H,13,16). The highest BCUT2D eigenvalue weighted by atomic mass is 32.2. The molecule has 0 bridgehead atoms. The van der Waals surface area contributed by atoms with Crippen LogP contribution in [0.1, 0.15) is 11.3 Å². The van der Waals surface area contributed by atoms with E-state index in [0.29, 0.717) is 16.6 Å². The van der Waals surface area contributed by atoms with Crippen LogP contribution in [-0.2, 0) is 12.8 Å². The fourth-order valence-corrected chi connectivity index (χ4v) is 2.10. The highest BCUT2D eigenvalue weighted by Gasteiger charge is 2.05. The second-order valence-electron chi connectivity index (χ2n) is 3.32. The van der Waals surface area contributed by atoms with Gasteiger partial charge in [-0.3, -0.25) is 4.57 Å². The van der Waals surface area contributed by atoms with Crippen molar-refractivity contribution in [1.82, 2.24) is 19.7 Å². The number of nitriles is 1. The number of hydrogen-bond acceptors (Lipinski definition) is 5. The van der Waals surface area contributed by atoms with Crippen LogP contribution in [0.5, 0.6) is 0 Å². The molecule has 0 aromatic carbocycles. The van der Waals surface area contributed by atoms with Gasteiger partial charge in [0.25, 0.3) is 0 Å². The van der Waals surface area contributed by atoms with Crippen molar-refractivity contribution in [1.29, 1.82) is 5.26 Å². The van der Waals surface area contributed by atoms with E-state index in [1.807, 2.05) is 12.1 Å². The fourth-order valence-electron chi connectivity index (χ4n) is 1.23. The third kappa shape index (κ3) is 2.54. The summed E-state index contributed by atoms with van der Waals surface area (Å²) < 4.78 is 1.44. The molecule has 0 aliphatic heterocycles. The zero-order valence-electron chi connectivity index (χ0n) is 9.04. The average Bonchev–Trinajstić information content (AvgIpc) is 2.68. The minimum atomic E-state index is -0.236. The molecule has 0 amide bonds. The molecular formula is C10H9N5OS. The first-order valence-electron chi connectivity index (χ1n) is 4.80. The molecule has 6 nitrogen and oxygen atoms in total. The molecule has 86 valence electrons. The summed E-state index contributed by atoms with van der Waals surface area (Å²) >= 11 is 1.42. The van der Waals surface area contributed by atoms with Crippen LogP contribution in [0.4, 0.5) is 0 Å². The summed E-state index contributed by atoms with van der Waals surface area (Å²) in [4.78, 5) is 15.0. The maximum atomic E-state index is 11.1. The maximum absolute atomic E-state index is 11.1. The minimum Gasteiger partial charge on any atom is -0.273 e. The predicted molar refractivity (Wildman–Crippen MR) is 62.3 cm³/mol. The second kappa shape index (κ2) is 4.84. The van der Waals surface area contributed by atoms with Crippen LogP contribution in [0.2, 0.25) is 0 Å². The molecule has 0 saturated carbocycles. The average molecular weight is 247 g/mol. The highest BCUT2D eigenvalue weighted by molar-refractivity contribution is 7.98. The molecule has 2 aromatic rings. The number of aromatic amines is 1. The number of nitrogens with one attached hydrogen (secondary N) is 1. The fraction of sp³-hybridized carbons (Fsp3) is 0.200. The Morgan fingerprint density at radius 2 is 2.47 bits per heavy atom. The van der Waals surface area contributed by atoms with Crippen LogP contribution in [-0.4, -0.2) is 19.7 Å². The molecule has 1 N–H and O–H groups in total. The number of aromatic nitrogens is 4. The first-order chi connectivity index (χ1) is 8.20. The molecule has 0 atom stereocenters. The maximum Gasteiger partial charge on any atom is 0.343 e. The van der Waals surface area contributed by atoms with Gasteiger partial charge in [-0.25, -0.2) is 14.9 Å². The lowest BCUT2D eigenvalue weighted by molar-refractivity contribution is 0.766. The van der Waals surface area contributed by atoms with E-state index in [2.05, 4.69) is 15.2 Å². The van der Waals surface area contributed by atoms with Gasteiger partial charge < -0.3 is 0 Å². The minimum absolute atomic E-state index is 0.236. The van der Waals surface area contributed by atoms with Crippen LogP contribution in [0.15, 0.2) is 28.3 Å². The zero-order chi connectivity index (χ0) is 12.3. The lowest BCUT2D eigenvalue weighted by Gasteiger charge is -2.00. The van der Waals surface area contributed by atoms with E-state index in [1.54, 1.807) is 19.3 Å². The van der Waals surface area contributed by atoms with Gasteiger partial charge in [-0.1, -0.05) is 11.8 Å². The third-order valence-corrected chi connectivity index (χ3v) is 3.25. The van der Waals surface area contributed by atoms with Crippen molar-refractivity contribution in [2.45, 2.75) is 10.9 Å². The monoisotopic (exact) mass is 247 g/mol. The zero-order valence-corrected chi connectivity index (χ0v) is 9.86. The number of rotatable bonds is 3. The summed E-state index contributed by atoms with van der Waals surface area (Å²) in [7, 11) is 1.65. The predicted octanol–water partition coefficient (Wildman–Crippen LogP) is 0.667. The quantitative estimate of drug-likeness (QED) is 0.805. The molecule has 0 radical (unpaired) electrons. The Bertz CT molecular complexity index is 624. The molecule has 0 unspecified atom stereocenters. The summed E-state index contributed by atoms with van der Waals surface area (Å²) in [5, 5.41) is 15.6. The lowest BCUT2D eigenvalue weighted by Crippen LogP contribution is -2.12. The Labute approximate surface area is 101 Å². The Kier molecular flexibility index (Phi) is 3.25. The Balaban J connectivity index is 2.10. The van der Waals surface area contributed by atoms with Gasteiger partial charge in [0.1, 0.15) is 11.8 Å². The summed E-state index contributed by atoms with van der Waals surface area (Å²) in [5.41, 5.74) is 1.12. The van der Waals surface area contributed by atoms with Crippen molar-refractivity contribution in [3.63, 3.8) is 0 Å². The van der Waals surface area contributed by atoms with Crippen molar-refractivity contribution in [3.05, 3.63) is 40.1 Å². The molecule has 0 spiro atoms. The van der Waals surface area contributed by atoms with Gasteiger partial charge >= 0.3 is 5.69 Å². The van der Waals surface area contributed by atoms with E-state index in [1.165, 1.54) is 16.3 Å². The Morgan fingerprint density at radius 3 is 3.12 bits per heavy atom. The van der Waals surface area contributed by atoms with E-state index in [-0.39, 0.29) is 5.69 Å². The smallest absolute Gasteiger partial charge is 0.273 e. The van der Waals surface area contributed by atoms with Gasteiger partial charge in [0.05, 0.1) is 0 Å². The van der Waals surface area contributed by atoms with Crippen molar-refractivity contribution >= 4 is 11.8 Å². The van der Waals surface area contributed by atoms with Gasteiger partial charge in [-0.05, 0) is 17.7 Å². The molecule has 0 saturated heterocycles. The number of hydrogen-bond donors (Lipinski definition) is 1. The Morgan fingerprint density at radius 1 is 1.65 bits per heavy atom. The Hall–Kier alpha value is -2.07. The summed E-state index contributed by atoms with van der Waals surface area (Å²) in [6.07, 6.45) is 1.60. The van der Waals surface area contributed by atoms with E-state index in [4.69, 9.17) is 5.26 Å². The molecule has 2 heterocycles. The van der Waals surface area contributed by atoms with Crippen molar-refractivity contribution in [2.24, 2.45) is 7.05 Å². The number of thioether (sulfide) groups is 1. The van der Waals surface area contributed by atoms with Gasteiger partial charge in [-0.15, -0.1) is 5.10 Å². The molecule has 0 aliphatic carbocycles. The normalized spacial score (nSPS) is 10.1. The molecule has 2 rings (SSSR count). The molecule has 0 aliphatic rings. The first-order valence-corrected chi connectivity index (χ1v) is 5.78. The summed E-state index contributed by atoms with van der Waals surface area (Å²) in [6.45, 7) is 0. The lowest BCUT2D eigenvalue weighted by atomic mass is 10.2. The van der Waals surface area contributed by atoms with Gasteiger partial charge in [-0.2, -0.15) is 5.26 Å². The molecule has 7 heteroatoms. The van der Waals surface area contributed by atoms with E-state index >= 15 is 0 Å². The van der Waals surface area contributed by atoms with E-state index in [0.717, 1.165) is 5.56 Å². The van der Waals surface area contributed by atoms with Crippen molar-refractivity contribution < 1.29 is 0 Å². The van der Waals surface area contributed by atoms with Gasteiger partial charge in [0.15, 0.2) is 5.16 Å². The third-order valence-electron chi connectivity index (χ3n) is 2.15. The molecular weight excluding hydrogens is 238 g/mol. The highest BCUT2D eigenvalue weighted by Crippen LogP contribution is 2.18. The van der Waals surface area contributed by atoms with Crippen molar-refractivity contribution in [2.75, 3.05) is 0 Å². The topological polar surface area (TPSA) is 87.4 Å². The largest absolute Gasteiger partial charge is 0.343 e. The number of H-pyrrole nitrogens is 1. The van der Waals surface area contributed by atoms with E-state index < -0.39 is 0 Å². The van der Waals surface area contributed by atoms with Crippen molar-refractivity contribution in [3.8, 4) is 6.07 Å². The van der Waals surface area contributed by atoms with Gasteiger partial charge in [0, 0.05) is 19.0 Å². The molecule has 2 aromatic heterocycles. The first kappa shape index (κ1) is 11.4. The van der Waals surface area contributed by atoms with Crippen LogP contribution >= 0.6 is 11.8 Å². The number of nitrogens with zero attached hydrogens (tertiary/aromatic N) is 4.